The SMILES string of the molecule is Cc1c(Nc2nccc3cc(CN4CC[C@@H](O)C4)cnc23)cccc1-c1cccc(-c2nc3cc(N(C)C4CC(C(=O)O)C4)cc(C#N)c3o2)c1C. The average Bonchev–Trinajstić information content (AvgIpc) is 3.73. The van der Waals surface area contributed by atoms with Crippen LogP contribution in [0.4, 0.5) is 17.2 Å². The van der Waals surface area contributed by atoms with Crippen LogP contribution < -0.4 is 10.2 Å². The fraction of sp³-hybridized carbons (Fsp3) is 0.293. The molecule has 6 aromatic rings. The monoisotopic (exact) mass is 693 g/mol. The van der Waals surface area contributed by atoms with Crippen molar-refractivity contribution in [2.75, 3.05) is 30.4 Å². The molecule has 1 saturated heterocycles. The van der Waals surface area contributed by atoms with Gasteiger partial charge in [-0.3, -0.25) is 14.7 Å². The molecule has 2 aliphatic rings. The number of nitrogens with zero attached hydrogens (tertiary/aromatic N) is 6. The molecule has 1 aliphatic heterocycles. The standard InChI is InChI=1S/C41H39N7O4/c1-23-32(6-4-8-34(23)40-46-36-18-30(17-28(19-42)38(36)52-40)47(3)29-15-27(16-29)41(50)51)33-7-5-9-35(24(33)2)45-39-37-26(10-12-43-39)14-25(20-44-37)21-48-13-11-31(49)22-48/h4-10,12,14,17-18,20,27,29,31,49H,11,13,15-16,21-22H2,1-3H3,(H,43,45)(H,50,51)/t27?,29?,31-/m1/s1. The summed E-state index contributed by atoms with van der Waals surface area (Å²) in [5.74, 6) is 0.0103. The Balaban J connectivity index is 1.08. The van der Waals surface area contributed by atoms with Crippen molar-refractivity contribution in [3.63, 3.8) is 0 Å². The van der Waals surface area contributed by atoms with Crippen LogP contribution in [0.5, 0.6) is 0 Å². The fourth-order valence-corrected chi connectivity index (χ4v) is 7.58. The third-order valence-corrected chi connectivity index (χ3v) is 10.8. The highest BCUT2D eigenvalue weighted by Gasteiger charge is 2.37. The number of carbonyl (C=O) groups is 1. The number of β-amino-alcohol motifs (C(OH)–C–C–N with tert-alkyl or cyclic N) is 1. The lowest BCUT2D eigenvalue weighted by Gasteiger charge is -2.40. The van der Waals surface area contributed by atoms with Gasteiger partial charge in [-0.2, -0.15) is 5.26 Å². The van der Waals surface area contributed by atoms with Gasteiger partial charge in [0.05, 0.1) is 17.6 Å². The van der Waals surface area contributed by atoms with Crippen molar-refractivity contribution in [2.45, 2.75) is 51.8 Å². The lowest BCUT2D eigenvalue weighted by molar-refractivity contribution is -0.145. The van der Waals surface area contributed by atoms with Crippen molar-refractivity contribution in [3.8, 4) is 28.7 Å². The molecule has 52 heavy (non-hydrogen) atoms. The summed E-state index contributed by atoms with van der Waals surface area (Å²) in [5, 5.41) is 33.8. The van der Waals surface area contributed by atoms with E-state index in [1.165, 1.54) is 0 Å². The molecular weight excluding hydrogens is 654 g/mol. The normalized spacial score (nSPS) is 18.7. The number of carboxylic acid groups (broad SMARTS) is 1. The molecule has 0 unspecified atom stereocenters. The van der Waals surface area contributed by atoms with E-state index in [0.717, 1.165) is 75.2 Å². The Hall–Kier alpha value is -5.83. The smallest absolute Gasteiger partial charge is 0.306 e. The Morgan fingerprint density at radius 1 is 1.06 bits per heavy atom. The van der Waals surface area contributed by atoms with Gasteiger partial charge in [-0.05, 0) is 97.3 Å². The second-order valence-corrected chi connectivity index (χ2v) is 14.1. The molecule has 11 nitrogen and oxygen atoms in total. The van der Waals surface area contributed by atoms with Gasteiger partial charge in [-0.25, -0.2) is 9.97 Å². The first-order valence-corrected chi connectivity index (χ1v) is 17.6. The molecule has 262 valence electrons. The second kappa shape index (κ2) is 13.4. The fourth-order valence-electron chi connectivity index (χ4n) is 7.58. The van der Waals surface area contributed by atoms with Crippen LogP contribution in [0.15, 0.2) is 77.5 Å². The lowest BCUT2D eigenvalue weighted by Crippen LogP contribution is -2.45. The predicted molar refractivity (Wildman–Crippen MR) is 200 cm³/mol. The number of carboxylic acids is 1. The van der Waals surface area contributed by atoms with Crippen LogP contribution in [0.1, 0.15) is 41.5 Å². The number of oxazole rings is 1. The Bertz CT molecular complexity index is 2390. The topological polar surface area (TPSA) is 152 Å². The van der Waals surface area contributed by atoms with Gasteiger partial charge in [0.25, 0.3) is 0 Å². The highest BCUT2D eigenvalue weighted by atomic mass is 16.4. The molecule has 0 bridgehead atoms. The van der Waals surface area contributed by atoms with E-state index < -0.39 is 5.97 Å². The largest absolute Gasteiger partial charge is 0.481 e. The maximum absolute atomic E-state index is 11.4. The third-order valence-electron chi connectivity index (χ3n) is 10.8. The van der Waals surface area contributed by atoms with Crippen LogP contribution in [0, 0.1) is 31.1 Å². The number of hydrogen-bond donors (Lipinski definition) is 3. The molecule has 0 spiro atoms. The van der Waals surface area contributed by atoms with E-state index in [4.69, 9.17) is 14.4 Å². The molecule has 0 amide bonds. The molecule has 4 heterocycles. The number of anilines is 3. The van der Waals surface area contributed by atoms with Gasteiger partial charge in [0.2, 0.25) is 5.89 Å². The number of benzene rings is 3. The Kier molecular flexibility index (Phi) is 8.57. The molecule has 3 aromatic heterocycles. The molecule has 11 heteroatoms. The van der Waals surface area contributed by atoms with Crippen LogP contribution in [0.2, 0.25) is 0 Å². The van der Waals surface area contributed by atoms with E-state index in [9.17, 15) is 20.3 Å². The zero-order chi connectivity index (χ0) is 36.1. The van der Waals surface area contributed by atoms with Gasteiger partial charge in [-0.1, -0.05) is 24.3 Å². The highest BCUT2D eigenvalue weighted by molar-refractivity contribution is 5.92. The molecule has 0 radical (unpaired) electrons. The first kappa shape index (κ1) is 33.3. The van der Waals surface area contributed by atoms with E-state index in [0.29, 0.717) is 47.8 Å². The summed E-state index contributed by atoms with van der Waals surface area (Å²) in [6, 6.07) is 22.4. The van der Waals surface area contributed by atoms with Crippen LogP contribution in [0.25, 0.3) is 44.6 Å². The number of likely N-dealkylation sites (tertiary alicyclic amines) is 1. The minimum absolute atomic E-state index is 0.0885. The lowest BCUT2D eigenvalue weighted by atomic mass is 9.79. The first-order valence-electron chi connectivity index (χ1n) is 17.6. The summed E-state index contributed by atoms with van der Waals surface area (Å²) >= 11 is 0. The van der Waals surface area contributed by atoms with Crippen LogP contribution in [0.3, 0.4) is 0 Å². The second-order valence-electron chi connectivity index (χ2n) is 14.1. The number of aromatic nitrogens is 3. The average molecular weight is 694 g/mol. The van der Waals surface area contributed by atoms with E-state index in [1.54, 1.807) is 12.3 Å². The van der Waals surface area contributed by atoms with Gasteiger partial charge < -0.3 is 24.8 Å². The number of nitriles is 1. The molecule has 2 fully saturated rings. The zero-order valence-electron chi connectivity index (χ0n) is 29.3. The van der Waals surface area contributed by atoms with Gasteiger partial charge in [-0.15, -0.1) is 0 Å². The minimum atomic E-state index is -0.765. The zero-order valence-corrected chi connectivity index (χ0v) is 29.3. The van der Waals surface area contributed by atoms with Gasteiger partial charge >= 0.3 is 5.97 Å². The van der Waals surface area contributed by atoms with E-state index >= 15 is 0 Å². The van der Waals surface area contributed by atoms with Crippen molar-refractivity contribution >= 4 is 45.2 Å². The molecule has 1 aliphatic carbocycles. The summed E-state index contributed by atoms with van der Waals surface area (Å²) in [5.41, 5.74) is 9.94. The van der Waals surface area contributed by atoms with Crippen molar-refractivity contribution < 1.29 is 19.4 Å². The predicted octanol–water partition coefficient (Wildman–Crippen LogP) is 7.20. The quantitative estimate of drug-likeness (QED) is 0.141. The van der Waals surface area contributed by atoms with Crippen molar-refractivity contribution in [3.05, 3.63) is 95.3 Å². The minimum Gasteiger partial charge on any atom is -0.481 e. The van der Waals surface area contributed by atoms with Crippen LogP contribution in [-0.2, 0) is 11.3 Å². The number of aliphatic carboxylic acids is 1. The van der Waals surface area contributed by atoms with E-state index in [-0.39, 0.29) is 18.1 Å². The molecule has 1 atom stereocenters. The van der Waals surface area contributed by atoms with Gasteiger partial charge in [0.15, 0.2) is 11.4 Å². The maximum Gasteiger partial charge on any atom is 0.306 e. The number of hydrogen-bond acceptors (Lipinski definition) is 10. The number of pyridine rings is 2. The van der Waals surface area contributed by atoms with Gasteiger partial charge in [0, 0.05) is 67.4 Å². The first-order chi connectivity index (χ1) is 25.2. The molecular formula is C41H39N7O4. The number of aliphatic hydroxyl groups excluding tert-OH is 1. The van der Waals surface area contributed by atoms with Gasteiger partial charge in [0.1, 0.15) is 17.1 Å². The summed E-state index contributed by atoms with van der Waals surface area (Å²) in [7, 11) is 1.93. The Morgan fingerprint density at radius 2 is 1.83 bits per heavy atom. The number of aliphatic hydroxyl groups is 1. The summed E-state index contributed by atoms with van der Waals surface area (Å²) in [6.07, 6.45) is 5.38. The van der Waals surface area contributed by atoms with Crippen LogP contribution in [-0.4, -0.2) is 68.3 Å². The van der Waals surface area contributed by atoms with E-state index in [1.807, 2.05) is 54.5 Å². The maximum atomic E-state index is 11.4. The summed E-state index contributed by atoms with van der Waals surface area (Å²) in [4.78, 5) is 30.0. The van der Waals surface area contributed by atoms with E-state index in [2.05, 4.69) is 53.3 Å². The van der Waals surface area contributed by atoms with Crippen LogP contribution >= 0.6 is 0 Å². The number of nitrogens with one attached hydrogen (secondary N) is 1. The molecule has 3 N–H and O–H groups in total. The molecule has 3 aromatic carbocycles. The van der Waals surface area contributed by atoms with Crippen molar-refractivity contribution in [2.24, 2.45) is 5.92 Å². The number of rotatable bonds is 9. The van der Waals surface area contributed by atoms with Crippen molar-refractivity contribution in [1.29, 1.82) is 5.26 Å². The van der Waals surface area contributed by atoms with Crippen molar-refractivity contribution in [1.82, 2.24) is 19.9 Å². The summed E-state index contributed by atoms with van der Waals surface area (Å²) in [6.45, 7) is 6.46. The Labute approximate surface area is 301 Å². The Morgan fingerprint density at radius 3 is 2.58 bits per heavy atom. The summed E-state index contributed by atoms with van der Waals surface area (Å²) < 4.78 is 6.28. The highest BCUT2D eigenvalue weighted by Crippen LogP contribution is 2.39. The third kappa shape index (κ3) is 6.10. The number of fused-ring (bicyclic) bond motifs is 2. The molecule has 1 saturated carbocycles. The molecule has 8 rings (SSSR count).